The van der Waals surface area contributed by atoms with Crippen LogP contribution in [0.2, 0.25) is 0 Å². The van der Waals surface area contributed by atoms with E-state index in [1.54, 1.807) is 24.7 Å². The number of aromatic nitrogens is 2. The number of imidazole rings is 1. The van der Waals surface area contributed by atoms with Crippen LogP contribution in [-0.2, 0) is 12.8 Å². The molecule has 0 aliphatic rings. The molecule has 0 fully saturated rings. The van der Waals surface area contributed by atoms with Crippen molar-refractivity contribution in [2.24, 2.45) is 0 Å². The number of carboxylic acid groups (broad SMARTS) is 1. The summed E-state index contributed by atoms with van der Waals surface area (Å²) in [6.45, 7) is 0. The smallest absolute Gasteiger partial charge is 0.335 e. The molecular weight excluding hydrogens is 276 g/mol. The maximum atomic E-state index is 10.8. The van der Waals surface area contributed by atoms with Gasteiger partial charge in [-0.3, -0.25) is 0 Å². The second-order valence-corrected chi connectivity index (χ2v) is 5.14. The van der Waals surface area contributed by atoms with Crippen molar-refractivity contribution in [2.45, 2.75) is 12.8 Å². The average molecular weight is 292 g/mol. The maximum absolute atomic E-state index is 10.8. The third-order valence-corrected chi connectivity index (χ3v) is 3.64. The van der Waals surface area contributed by atoms with Crippen LogP contribution in [0.1, 0.15) is 21.5 Å². The number of carboxylic acids is 1. The number of hydrogen-bond donors (Lipinski definition) is 1. The molecule has 1 heterocycles. The first-order valence-corrected chi connectivity index (χ1v) is 7.12. The Hall–Kier alpha value is -2.88. The van der Waals surface area contributed by atoms with E-state index in [1.807, 2.05) is 22.9 Å². The molecule has 0 saturated carbocycles. The van der Waals surface area contributed by atoms with Crippen LogP contribution in [0.5, 0.6) is 0 Å². The second-order valence-electron chi connectivity index (χ2n) is 5.14. The quantitative estimate of drug-likeness (QED) is 0.784. The van der Waals surface area contributed by atoms with Gasteiger partial charge < -0.3 is 9.67 Å². The summed E-state index contributed by atoms with van der Waals surface area (Å²) in [6.07, 6.45) is 7.27. The normalized spacial score (nSPS) is 10.5. The Morgan fingerprint density at radius 1 is 0.955 bits per heavy atom. The largest absolute Gasteiger partial charge is 0.478 e. The summed E-state index contributed by atoms with van der Waals surface area (Å²) in [5.41, 5.74) is 3.82. The van der Waals surface area contributed by atoms with E-state index in [1.165, 1.54) is 5.56 Å². The topological polar surface area (TPSA) is 55.1 Å². The Morgan fingerprint density at radius 2 is 1.55 bits per heavy atom. The fraction of sp³-hybridized carbons (Fsp3) is 0.111. The molecule has 4 nitrogen and oxygen atoms in total. The molecule has 0 aliphatic carbocycles. The predicted octanol–water partition coefficient (Wildman–Crippen LogP) is 3.36. The van der Waals surface area contributed by atoms with Crippen molar-refractivity contribution in [3.05, 3.63) is 83.9 Å². The van der Waals surface area contributed by atoms with E-state index < -0.39 is 5.97 Å². The molecule has 0 aliphatic heterocycles. The lowest BCUT2D eigenvalue weighted by atomic mass is 10.0. The molecule has 1 N–H and O–H groups in total. The average Bonchev–Trinajstić information content (AvgIpc) is 3.08. The summed E-state index contributed by atoms with van der Waals surface area (Å²) in [5, 5.41) is 8.88. The molecule has 0 amide bonds. The summed E-state index contributed by atoms with van der Waals surface area (Å²) >= 11 is 0. The zero-order valence-electron chi connectivity index (χ0n) is 12.0. The molecule has 1 aromatic heterocycles. The van der Waals surface area contributed by atoms with E-state index in [0.717, 1.165) is 24.1 Å². The minimum absolute atomic E-state index is 0.327. The highest BCUT2D eigenvalue weighted by Crippen LogP contribution is 2.12. The zero-order chi connectivity index (χ0) is 15.4. The SMILES string of the molecule is O=C(O)c1ccc(CCc2ccc(-n3ccnc3)cc2)cc1. The lowest BCUT2D eigenvalue weighted by Gasteiger charge is -2.05. The first kappa shape index (κ1) is 14.1. The molecule has 0 bridgehead atoms. The molecule has 3 rings (SSSR count). The van der Waals surface area contributed by atoms with E-state index in [-0.39, 0.29) is 0 Å². The minimum atomic E-state index is -0.887. The number of rotatable bonds is 5. The van der Waals surface area contributed by atoms with E-state index >= 15 is 0 Å². The van der Waals surface area contributed by atoms with Crippen molar-refractivity contribution in [1.29, 1.82) is 0 Å². The lowest BCUT2D eigenvalue weighted by molar-refractivity contribution is 0.0697. The Labute approximate surface area is 128 Å². The Kier molecular flexibility index (Phi) is 4.01. The predicted molar refractivity (Wildman–Crippen MR) is 84.4 cm³/mol. The van der Waals surface area contributed by atoms with Gasteiger partial charge in [-0.2, -0.15) is 0 Å². The van der Waals surface area contributed by atoms with Gasteiger partial charge in [0.05, 0.1) is 11.9 Å². The van der Waals surface area contributed by atoms with Crippen LogP contribution in [0, 0.1) is 0 Å². The highest BCUT2D eigenvalue weighted by molar-refractivity contribution is 5.87. The van der Waals surface area contributed by atoms with E-state index in [4.69, 9.17) is 5.11 Å². The molecule has 0 radical (unpaired) electrons. The van der Waals surface area contributed by atoms with Crippen LogP contribution in [0.4, 0.5) is 0 Å². The van der Waals surface area contributed by atoms with Crippen LogP contribution in [0.25, 0.3) is 5.69 Å². The summed E-state index contributed by atoms with van der Waals surface area (Å²) in [7, 11) is 0. The third kappa shape index (κ3) is 3.23. The van der Waals surface area contributed by atoms with Crippen molar-refractivity contribution >= 4 is 5.97 Å². The van der Waals surface area contributed by atoms with Gasteiger partial charge in [0.1, 0.15) is 0 Å². The monoisotopic (exact) mass is 292 g/mol. The maximum Gasteiger partial charge on any atom is 0.335 e. The molecule has 0 unspecified atom stereocenters. The standard InChI is InChI=1S/C18H16N2O2/c21-18(22)16-7-3-14(4-8-16)1-2-15-5-9-17(10-6-15)20-12-11-19-13-20/h3-13H,1-2H2,(H,21,22). The van der Waals surface area contributed by atoms with Gasteiger partial charge in [-0.1, -0.05) is 24.3 Å². The van der Waals surface area contributed by atoms with Crippen LogP contribution in [0.3, 0.4) is 0 Å². The Balaban J connectivity index is 1.63. The van der Waals surface area contributed by atoms with Gasteiger partial charge in [-0.05, 0) is 48.2 Å². The summed E-state index contributed by atoms with van der Waals surface area (Å²) < 4.78 is 1.97. The summed E-state index contributed by atoms with van der Waals surface area (Å²) in [4.78, 5) is 14.9. The molecule has 0 saturated heterocycles. The molecule has 0 atom stereocenters. The Bertz CT molecular complexity index is 745. The van der Waals surface area contributed by atoms with Crippen molar-refractivity contribution in [3.8, 4) is 5.69 Å². The van der Waals surface area contributed by atoms with Gasteiger partial charge in [0.25, 0.3) is 0 Å². The molecular formula is C18H16N2O2. The van der Waals surface area contributed by atoms with Gasteiger partial charge in [0.2, 0.25) is 0 Å². The number of carbonyl (C=O) groups is 1. The Morgan fingerprint density at radius 3 is 2.05 bits per heavy atom. The van der Waals surface area contributed by atoms with Crippen LogP contribution >= 0.6 is 0 Å². The number of aryl methyl sites for hydroxylation is 2. The number of aromatic carboxylic acids is 1. The molecule has 4 heteroatoms. The first-order valence-electron chi connectivity index (χ1n) is 7.12. The molecule has 0 spiro atoms. The third-order valence-electron chi connectivity index (χ3n) is 3.64. The fourth-order valence-corrected chi connectivity index (χ4v) is 2.35. The highest BCUT2D eigenvalue weighted by Gasteiger charge is 2.02. The molecule has 110 valence electrons. The minimum Gasteiger partial charge on any atom is -0.478 e. The number of nitrogens with zero attached hydrogens (tertiary/aromatic N) is 2. The molecule has 2 aromatic carbocycles. The molecule has 22 heavy (non-hydrogen) atoms. The summed E-state index contributed by atoms with van der Waals surface area (Å²) in [5.74, 6) is -0.887. The second kappa shape index (κ2) is 6.26. The van der Waals surface area contributed by atoms with Crippen molar-refractivity contribution in [3.63, 3.8) is 0 Å². The van der Waals surface area contributed by atoms with Crippen molar-refractivity contribution < 1.29 is 9.90 Å². The number of hydrogen-bond acceptors (Lipinski definition) is 2. The van der Waals surface area contributed by atoms with Gasteiger partial charge in [-0.15, -0.1) is 0 Å². The number of benzene rings is 2. The zero-order valence-corrected chi connectivity index (χ0v) is 12.0. The van der Waals surface area contributed by atoms with E-state index in [0.29, 0.717) is 5.56 Å². The lowest BCUT2D eigenvalue weighted by Crippen LogP contribution is -1.97. The van der Waals surface area contributed by atoms with Gasteiger partial charge in [0, 0.05) is 18.1 Å². The molecule has 3 aromatic rings. The van der Waals surface area contributed by atoms with Crippen molar-refractivity contribution in [2.75, 3.05) is 0 Å². The van der Waals surface area contributed by atoms with Gasteiger partial charge in [0.15, 0.2) is 0 Å². The fourth-order valence-electron chi connectivity index (χ4n) is 2.35. The first-order chi connectivity index (χ1) is 10.7. The highest BCUT2D eigenvalue weighted by atomic mass is 16.4. The van der Waals surface area contributed by atoms with Gasteiger partial charge in [-0.25, -0.2) is 9.78 Å². The summed E-state index contributed by atoms with van der Waals surface area (Å²) in [6, 6.07) is 15.4. The van der Waals surface area contributed by atoms with Crippen LogP contribution in [-0.4, -0.2) is 20.6 Å². The van der Waals surface area contributed by atoms with Gasteiger partial charge >= 0.3 is 5.97 Å². The van der Waals surface area contributed by atoms with Crippen LogP contribution < -0.4 is 0 Å². The van der Waals surface area contributed by atoms with Crippen LogP contribution in [0.15, 0.2) is 67.3 Å². The van der Waals surface area contributed by atoms with Crippen molar-refractivity contribution in [1.82, 2.24) is 9.55 Å². The van der Waals surface area contributed by atoms with E-state index in [9.17, 15) is 4.79 Å². The van der Waals surface area contributed by atoms with E-state index in [2.05, 4.69) is 29.2 Å².